The fraction of sp³-hybridized carbons (Fsp3) is 0.500. The van der Waals surface area contributed by atoms with Gasteiger partial charge < -0.3 is 25.5 Å². The molecule has 1 amide bonds. The number of carbonyl (C=O) groups excluding carboxylic acids is 1. The van der Waals surface area contributed by atoms with E-state index in [4.69, 9.17) is 15.7 Å². The van der Waals surface area contributed by atoms with Gasteiger partial charge >= 0.3 is 6.09 Å². The Hall–Kier alpha value is -2.51. The Morgan fingerprint density at radius 2 is 1.92 bits per heavy atom. The number of ether oxygens (including phenoxy) is 1. The van der Waals surface area contributed by atoms with Gasteiger partial charge in [-0.05, 0) is 39.0 Å². The summed E-state index contributed by atoms with van der Waals surface area (Å²) in [6.07, 6.45) is -0.368. The van der Waals surface area contributed by atoms with Gasteiger partial charge in [0.1, 0.15) is 11.4 Å². The highest BCUT2D eigenvalue weighted by molar-refractivity contribution is 5.97. The van der Waals surface area contributed by atoms with Crippen LogP contribution in [0.1, 0.15) is 26.3 Å². The monoisotopic (exact) mass is 338 g/mol. The van der Waals surface area contributed by atoms with E-state index in [1.54, 1.807) is 4.90 Å². The average Bonchev–Trinajstić information content (AvgIpc) is 2.53. The standard InChI is InChI=1S/C16H23FN4O3/c1-16(2,3)24-15(22)21-8-6-20(7-9-21)13-10-11(14(18)19-23)4-5-12(13)17/h4-5,10,23H,6-9H2,1-3H3,(H2,18,19). The van der Waals surface area contributed by atoms with Crippen LogP contribution in [0.15, 0.2) is 23.4 Å². The highest BCUT2D eigenvalue weighted by Crippen LogP contribution is 2.23. The van der Waals surface area contributed by atoms with Gasteiger partial charge in [-0.2, -0.15) is 0 Å². The van der Waals surface area contributed by atoms with Crippen molar-refractivity contribution in [1.82, 2.24) is 4.90 Å². The molecule has 0 saturated carbocycles. The first kappa shape index (κ1) is 17.8. The van der Waals surface area contributed by atoms with Crippen LogP contribution in [-0.4, -0.2) is 53.8 Å². The summed E-state index contributed by atoms with van der Waals surface area (Å²) in [5.41, 5.74) is 5.80. The Morgan fingerprint density at radius 1 is 1.29 bits per heavy atom. The number of carbonyl (C=O) groups is 1. The summed E-state index contributed by atoms with van der Waals surface area (Å²) in [6, 6.07) is 4.27. The summed E-state index contributed by atoms with van der Waals surface area (Å²) in [5.74, 6) is -0.473. The zero-order chi connectivity index (χ0) is 17.9. The van der Waals surface area contributed by atoms with Gasteiger partial charge in [0, 0.05) is 31.7 Å². The Balaban J connectivity index is 2.06. The number of piperazine rings is 1. The van der Waals surface area contributed by atoms with Gasteiger partial charge in [0.15, 0.2) is 5.84 Å². The summed E-state index contributed by atoms with van der Waals surface area (Å²) >= 11 is 0. The van der Waals surface area contributed by atoms with Gasteiger partial charge in [0.05, 0.1) is 5.69 Å². The first-order chi connectivity index (χ1) is 11.2. The second-order valence-electron chi connectivity index (χ2n) is 6.61. The molecule has 1 aliphatic heterocycles. The third kappa shape index (κ3) is 4.27. The normalized spacial score (nSPS) is 16.2. The van der Waals surface area contributed by atoms with E-state index in [-0.39, 0.29) is 11.9 Å². The van der Waals surface area contributed by atoms with Gasteiger partial charge in [-0.1, -0.05) is 5.16 Å². The highest BCUT2D eigenvalue weighted by atomic mass is 19.1. The molecule has 3 N–H and O–H groups in total. The Kier molecular flexibility index (Phi) is 5.16. The average molecular weight is 338 g/mol. The lowest BCUT2D eigenvalue weighted by Gasteiger charge is -2.37. The zero-order valence-corrected chi connectivity index (χ0v) is 14.1. The first-order valence-electron chi connectivity index (χ1n) is 7.71. The van der Waals surface area contributed by atoms with Crippen molar-refractivity contribution in [3.05, 3.63) is 29.6 Å². The van der Waals surface area contributed by atoms with Crippen LogP contribution >= 0.6 is 0 Å². The van der Waals surface area contributed by atoms with Crippen LogP contribution in [0.25, 0.3) is 0 Å². The number of amidine groups is 1. The van der Waals surface area contributed by atoms with E-state index >= 15 is 0 Å². The molecule has 0 bridgehead atoms. The van der Waals surface area contributed by atoms with E-state index in [9.17, 15) is 9.18 Å². The molecule has 8 heteroatoms. The molecule has 1 aromatic carbocycles. The predicted molar refractivity (Wildman–Crippen MR) is 88.9 cm³/mol. The van der Waals surface area contributed by atoms with Gasteiger partial charge in [-0.25, -0.2) is 9.18 Å². The number of nitrogens with zero attached hydrogens (tertiary/aromatic N) is 3. The van der Waals surface area contributed by atoms with Crippen LogP contribution in [-0.2, 0) is 4.74 Å². The summed E-state index contributed by atoms with van der Waals surface area (Å²) in [7, 11) is 0. The molecule has 0 aliphatic carbocycles. The molecule has 2 rings (SSSR count). The SMILES string of the molecule is CC(C)(C)OC(=O)N1CCN(c2cc(/C(N)=N/O)ccc2F)CC1. The number of halogens is 1. The topological polar surface area (TPSA) is 91.4 Å². The number of benzene rings is 1. The number of oxime groups is 1. The lowest BCUT2D eigenvalue weighted by atomic mass is 10.1. The van der Waals surface area contributed by atoms with E-state index in [1.165, 1.54) is 18.2 Å². The van der Waals surface area contributed by atoms with Crippen LogP contribution in [0, 0.1) is 5.82 Å². The van der Waals surface area contributed by atoms with Crippen molar-refractivity contribution in [3.63, 3.8) is 0 Å². The smallest absolute Gasteiger partial charge is 0.410 e. The van der Waals surface area contributed by atoms with Crippen LogP contribution in [0.2, 0.25) is 0 Å². The zero-order valence-electron chi connectivity index (χ0n) is 14.1. The van der Waals surface area contributed by atoms with Crippen molar-refractivity contribution < 1.29 is 19.1 Å². The van der Waals surface area contributed by atoms with Gasteiger partial charge in [0.2, 0.25) is 0 Å². The molecule has 24 heavy (non-hydrogen) atoms. The first-order valence-corrected chi connectivity index (χ1v) is 7.71. The molecule has 132 valence electrons. The quantitative estimate of drug-likeness (QED) is 0.372. The molecule has 0 radical (unpaired) electrons. The maximum absolute atomic E-state index is 14.1. The van der Waals surface area contributed by atoms with E-state index in [1.807, 2.05) is 25.7 Å². The third-order valence-electron chi connectivity index (χ3n) is 3.62. The molecule has 1 aromatic rings. The molecule has 1 fully saturated rings. The molecule has 0 atom stereocenters. The van der Waals surface area contributed by atoms with Crippen LogP contribution in [0.4, 0.5) is 14.9 Å². The molecule has 0 aromatic heterocycles. The fourth-order valence-electron chi connectivity index (χ4n) is 2.43. The van der Waals surface area contributed by atoms with E-state index in [2.05, 4.69) is 5.16 Å². The van der Waals surface area contributed by atoms with E-state index in [0.29, 0.717) is 37.4 Å². The number of hydrogen-bond acceptors (Lipinski definition) is 5. The van der Waals surface area contributed by atoms with Crippen molar-refractivity contribution in [2.45, 2.75) is 26.4 Å². The number of hydrogen-bond donors (Lipinski definition) is 2. The van der Waals surface area contributed by atoms with Crippen molar-refractivity contribution in [1.29, 1.82) is 0 Å². The minimum Gasteiger partial charge on any atom is -0.444 e. The summed E-state index contributed by atoms with van der Waals surface area (Å²) in [6.45, 7) is 7.25. The molecular weight excluding hydrogens is 315 g/mol. The molecule has 0 unspecified atom stereocenters. The minimum atomic E-state index is -0.546. The molecule has 1 aliphatic rings. The van der Waals surface area contributed by atoms with Crippen LogP contribution < -0.4 is 10.6 Å². The minimum absolute atomic E-state index is 0.0800. The lowest BCUT2D eigenvalue weighted by Crippen LogP contribution is -2.50. The van der Waals surface area contributed by atoms with Crippen molar-refractivity contribution in [2.75, 3.05) is 31.1 Å². The molecule has 1 heterocycles. The van der Waals surface area contributed by atoms with Crippen molar-refractivity contribution in [2.24, 2.45) is 10.9 Å². The van der Waals surface area contributed by atoms with Crippen molar-refractivity contribution in [3.8, 4) is 0 Å². The van der Waals surface area contributed by atoms with Gasteiger partial charge in [-0.3, -0.25) is 0 Å². The number of anilines is 1. The predicted octanol–water partition coefficient (Wildman–Crippen LogP) is 1.98. The fourth-order valence-corrected chi connectivity index (χ4v) is 2.43. The second-order valence-corrected chi connectivity index (χ2v) is 6.61. The summed E-state index contributed by atoms with van der Waals surface area (Å²) < 4.78 is 19.5. The van der Waals surface area contributed by atoms with Crippen LogP contribution in [0.5, 0.6) is 0 Å². The van der Waals surface area contributed by atoms with Gasteiger partial charge in [0.25, 0.3) is 0 Å². The Morgan fingerprint density at radius 3 is 2.46 bits per heavy atom. The number of amides is 1. The number of nitrogens with two attached hydrogens (primary N) is 1. The van der Waals surface area contributed by atoms with E-state index < -0.39 is 11.4 Å². The highest BCUT2D eigenvalue weighted by Gasteiger charge is 2.27. The maximum atomic E-state index is 14.1. The van der Waals surface area contributed by atoms with Crippen LogP contribution in [0.3, 0.4) is 0 Å². The van der Waals surface area contributed by atoms with Crippen molar-refractivity contribution >= 4 is 17.6 Å². The number of rotatable bonds is 2. The summed E-state index contributed by atoms with van der Waals surface area (Å²) in [4.78, 5) is 15.5. The van der Waals surface area contributed by atoms with Gasteiger partial charge in [-0.15, -0.1) is 0 Å². The molecule has 7 nitrogen and oxygen atoms in total. The molecule has 1 saturated heterocycles. The Bertz CT molecular complexity index is 635. The van der Waals surface area contributed by atoms with E-state index in [0.717, 1.165) is 0 Å². The lowest BCUT2D eigenvalue weighted by molar-refractivity contribution is 0.0240. The molecular formula is C16H23FN4O3. The largest absolute Gasteiger partial charge is 0.444 e. The Labute approximate surface area is 140 Å². The maximum Gasteiger partial charge on any atom is 0.410 e. The molecule has 0 spiro atoms. The second kappa shape index (κ2) is 6.94. The third-order valence-corrected chi connectivity index (χ3v) is 3.62. The summed E-state index contributed by atoms with van der Waals surface area (Å²) in [5, 5.41) is 11.7.